The second kappa shape index (κ2) is 6.82. The van der Waals surface area contributed by atoms with Crippen LogP contribution in [0.3, 0.4) is 0 Å². The molecule has 1 saturated heterocycles. The summed E-state index contributed by atoms with van der Waals surface area (Å²) in [6.07, 6.45) is 2.85. The van der Waals surface area contributed by atoms with Crippen LogP contribution in [0.4, 0.5) is 5.69 Å². The summed E-state index contributed by atoms with van der Waals surface area (Å²) in [6.45, 7) is 5.09. The van der Waals surface area contributed by atoms with Crippen LogP contribution in [0.25, 0.3) is 0 Å². The van der Waals surface area contributed by atoms with Crippen molar-refractivity contribution in [2.45, 2.75) is 26.3 Å². The molecule has 1 unspecified atom stereocenters. The minimum absolute atomic E-state index is 0.0734. The summed E-state index contributed by atoms with van der Waals surface area (Å²) >= 11 is 0. The number of nitrogens with zero attached hydrogens (tertiary/aromatic N) is 4. The van der Waals surface area contributed by atoms with E-state index in [2.05, 4.69) is 11.4 Å². The summed E-state index contributed by atoms with van der Waals surface area (Å²) in [7, 11) is 0. The molecule has 2 rings (SSSR count). The number of amides is 1. The van der Waals surface area contributed by atoms with E-state index in [1.165, 1.54) is 10.0 Å². The highest BCUT2D eigenvalue weighted by Crippen LogP contribution is 2.19. The van der Waals surface area contributed by atoms with Gasteiger partial charge in [-0.1, -0.05) is 13.8 Å². The molecule has 1 aromatic carbocycles. The normalized spacial score (nSPS) is 15.3. The van der Waals surface area contributed by atoms with Gasteiger partial charge in [-0.25, -0.2) is 10.0 Å². The number of nitrogens with one attached hydrogen (secondary N) is 1. The van der Waals surface area contributed by atoms with Crippen LogP contribution in [0.5, 0.6) is 0 Å². The second-order valence-corrected chi connectivity index (χ2v) is 5.59. The van der Waals surface area contributed by atoms with Crippen molar-refractivity contribution < 1.29 is 4.79 Å². The highest BCUT2D eigenvalue weighted by atomic mass is 16.2. The number of carbonyl (C=O) groups excluding carboxylic acids is 1. The quantitative estimate of drug-likeness (QED) is 0.858. The maximum atomic E-state index is 12.7. The molecule has 1 aliphatic rings. The Labute approximate surface area is 130 Å². The van der Waals surface area contributed by atoms with Crippen LogP contribution in [0.15, 0.2) is 24.3 Å². The molecular formula is C16H19N5O. The van der Waals surface area contributed by atoms with E-state index in [1.54, 1.807) is 24.3 Å². The van der Waals surface area contributed by atoms with Gasteiger partial charge in [0.15, 0.2) is 6.19 Å². The Morgan fingerprint density at radius 1 is 1.23 bits per heavy atom. The minimum atomic E-state index is -0.415. The molecule has 114 valence electrons. The Morgan fingerprint density at radius 3 is 2.45 bits per heavy atom. The standard InChI is InChI=1S/C16H19N5O/c1-12(2)15(16(22)21-9-3-8-20(21)11-18)19-14-6-4-13(10-17)5-7-14/h4-7,12,15,19H,3,8-9H2,1-2H3. The number of rotatable bonds is 4. The minimum Gasteiger partial charge on any atom is -0.373 e. The maximum absolute atomic E-state index is 12.7. The van der Waals surface area contributed by atoms with Crippen LogP contribution >= 0.6 is 0 Å². The van der Waals surface area contributed by atoms with Crippen molar-refractivity contribution in [2.24, 2.45) is 5.92 Å². The molecule has 0 radical (unpaired) electrons. The first-order chi connectivity index (χ1) is 10.6. The number of carbonyl (C=O) groups is 1. The summed E-state index contributed by atoms with van der Waals surface area (Å²) in [6, 6.07) is 8.64. The zero-order valence-electron chi connectivity index (χ0n) is 12.8. The molecule has 6 nitrogen and oxygen atoms in total. The fourth-order valence-corrected chi connectivity index (χ4v) is 2.44. The number of hydrogen-bond donors (Lipinski definition) is 1. The fourth-order valence-electron chi connectivity index (χ4n) is 2.44. The Kier molecular flexibility index (Phi) is 4.85. The van der Waals surface area contributed by atoms with Crippen molar-refractivity contribution in [3.63, 3.8) is 0 Å². The third-order valence-electron chi connectivity index (χ3n) is 3.67. The zero-order valence-corrected chi connectivity index (χ0v) is 12.8. The van der Waals surface area contributed by atoms with Crippen molar-refractivity contribution in [2.75, 3.05) is 18.4 Å². The zero-order chi connectivity index (χ0) is 16.1. The molecule has 1 atom stereocenters. The molecule has 1 amide bonds. The SMILES string of the molecule is CC(C)C(Nc1ccc(C#N)cc1)C(=O)N1CCCN1C#N. The van der Waals surface area contributed by atoms with Gasteiger partial charge in [-0.05, 0) is 36.6 Å². The lowest BCUT2D eigenvalue weighted by molar-refractivity contribution is -0.141. The van der Waals surface area contributed by atoms with Gasteiger partial charge in [0.2, 0.25) is 0 Å². The second-order valence-electron chi connectivity index (χ2n) is 5.59. The van der Waals surface area contributed by atoms with Gasteiger partial charge < -0.3 is 5.32 Å². The summed E-state index contributed by atoms with van der Waals surface area (Å²) in [5.74, 6) is -0.0253. The third kappa shape index (κ3) is 3.29. The first-order valence-electron chi connectivity index (χ1n) is 7.32. The van der Waals surface area contributed by atoms with Crippen LogP contribution < -0.4 is 5.32 Å². The summed E-state index contributed by atoms with van der Waals surface area (Å²) in [4.78, 5) is 12.7. The van der Waals surface area contributed by atoms with Crippen molar-refractivity contribution in [3.8, 4) is 12.3 Å². The van der Waals surface area contributed by atoms with E-state index in [0.29, 0.717) is 18.7 Å². The van der Waals surface area contributed by atoms with Gasteiger partial charge >= 0.3 is 0 Å². The van der Waals surface area contributed by atoms with Gasteiger partial charge in [0.25, 0.3) is 5.91 Å². The molecule has 0 aliphatic carbocycles. The highest BCUT2D eigenvalue weighted by Gasteiger charge is 2.33. The Balaban J connectivity index is 2.14. The van der Waals surface area contributed by atoms with Gasteiger partial charge in [0, 0.05) is 12.2 Å². The molecule has 1 aliphatic heterocycles. The topological polar surface area (TPSA) is 83.2 Å². The molecule has 1 fully saturated rings. The van der Waals surface area contributed by atoms with E-state index >= 15 is 0 Å². The lowest BCUT2D eigenvalue weighted by Gasteiger charge is -2.30. The van der Waals surface area contributed by atoms with Gasteiger partial charge in [-0.3, -0.25) is 4.79 Å². The number of hydrazine groups is 1. The molecule has 1 N–H and O–H groups in total. The predicted molar refractivity (Wildman–Crippen MR) is 82.1 cm³/mol. The van der Waals surface area contributed by atoms with Crippen molar-refractivity contribution >= 4 is 11.6 Å². The Hall–Kier alpha value is -2.73. The fraction of sp³-hybridized carbons (Fsp3) is 0.438. The van der Waals surface area contributed by atoms with Gasteiger partial charge in [-0.2, -0.15) is 10.5 Å². The molecule has 1 aromatic rings. The van der Waals surface area contributed by atoms with Crippen LogP contribution in [0.1, 0.15) is 25.8 Å². The van der Waals surface area contributed by atoms with Crippen LogP contribution in [-0.4, -0.2) is 35.1 Å². The van der Waals surface area contributed by atoms with Gasteiger partial charge in [-0.15, -0.1) is 0 Å². The van der Waals surface area contributed by atoms with E-state index in [9.17, 15) is 4.79 Å². The molecule has 0 saturated carbocycles. The van der Waals surface area contributed by atoms with Crippen molar-refractivity contribution in [3.05, 3.63) is 29.8 Å². The summed E-state index contributed by atoms with van der Waals surface area (Å²) < 4.78 is 0. The molecule has 1 heterocycles. The van der Waals surface area contributed by atoms with Gasteiger partial charge in [0.05, 0.1) is 18.2 Å². The molecule has 6 heteroatoms. The van der Waals surface area contributed by atoms with Gasteiger partial charge in [0.1, 0.15) is 6.04 Å². The van der Waals surface area contributed by atoms with Crippen LogP contribution in [0, 0.1) is 28.7 Å². The number of anilines is 1. The monoisotopic (exact) mass is 297 g/mol. The van der Waals surface area contributed by atoms with Crippen LogP contribution in [-0.2, 0) is 4.79 Å². The molecular weight excluding hydrogens is 278 g/mol. The van der Waals surface area contributed by atoms with Crippen molar-refractivity contribution in [1.82, 2.24) is 10.0 Å². The first kappa shape index (κ1) is 15.7. The largest absolute Gasteiger partial charge is 0.373 e. The average Bonchev–Trinajstić information content (AvgIpc) is 3.00. The lowest BCUT2D eigenvalue weighted by Crippen LogP contribution is -2.48. The predicted octanol–water partition coefficient (Wildman–Crippen LogP) is 1.93. The Bertz CT molecular complexity index is 611. The summed E-state index contributed by atoms with van der Waals surface area (Å²) in [5, 5.41) is 24.0. The van der Waals surface area contributed by atoms with Crippen molar-refractivity contribution in [1.29, 1.82) is 10.5 Å². The molecule has 22 heavy (non-hydrogen) atoms. The number of benzene rings is 1. The highest BCUT2D eigenvalue weighted by molar-refractivity contribution is 5.85. The molecule has 0 spiro atoms. The van der Waals surface area contributed by atoms with E-state index in [-0.39, 0.29) is 11.8 Å². The molecule has 0 bridgehead atoms. The third-order valence-corrected chi connectivity index (χ3v) is 3.67. The Morgan fingerprint density at radius 2 is 1.91 bits per heavy atom. The van der Waals surface area contributed by atoms with E-state index < -0.39 is 6.04 Å². The maximum Gasteiger partial charge on any atom is 0.264 e. The smallest absolute Gasteiger partial charge is 0.264 e. The van der Waals surface area contributed by atoms with E-state index in [1.807, 2.05) is 20.0 Å². The molecule has 0 aromatic heterocycles. The van der Waals surface area contributed by atoms with E-state index in [0.717, 1.165) is 12.1 Å². The average molecular weight is 297 g/mol. The lowest BCUT2D eigenvalue weighted by atomic mass is 10.0. The summed E-state index contributed by atoms with van der Waals surface area (Å²) in [5.41, 5.74) is 1.36. The van der Waals surface area contributed by atoms with E-state index in [4.69, 9.17) is 10.5 Å². The number of hydrogen-bond acceptors (Lipinski definition) is 5. The number of nitriles is 2. The van der Waals surface area contributed by atoms with Crippen LogP contribution in [0.2, 0.25) is 0 Å². The first-order valence-corrected chi connectivity index (χ1v) is 7.32.